The zero-order valence-electron chi connectivity index (χ0n) is 20.5. The summed E-state index contributed by atoms with van der Waals surface area (Å²) in [5.74, 6) is -130. The van der Waals surface area contributed by atoms with Crippen LogP contribution < -0.4 is 0 Å². The predicted octanol–water partition coefficient (Wildman–Crippen LogP) is 9.94. The summed E-state index contributed by atoms with van der Waals surface area (Å²) in [5, 5.41) is 0. The van der Waals surface area contributed by atoms with Gasteiger partial charge in [-0.05, 0) is 0 Å². The molecule has 0 atom stereocenters. The minimum Gasteiger partial charge on any atom is -0.286 e. The molecule has 294 valence electrons. The van der Waals surface area contributed by atoms with Crippen LogP contribution in [0, 0.1) is 0 Å². The number of ketones is 1. The fraction of sp³-hybridized carbons (Fsp3) is 0.938. The largest absolute Gasteiger partial charge is 0.460 e. The molecule has 33 heteroatoms. The fourth-order valence-electron chi connectivity index (χ4n) is 2.61. The van der Waals surface area contributed by atoms with Crippen LogP contribution in [0.15, 0.2) is 0 Å². The van der Waals surface area contributed by atoms with Crippen molar-refractivity contribution >= 4 is 5.78 Å². The summed E-state index contributed by atoms with van der Waals surface area (Å²) in [7, 11) is 0. The highest BCUT2D eigenvalue weighted by Gasteiger charge is 3.00. The highest BCUT2D eigenvalue weighted by atomic mass is 19.4. The first-order valence-corrected chi connectivity index (χ1v) is 10.0. The average molecular weight is 816 g/mol. The third-order valence-electron chi connectivity index (χ3n) is 5.62. The predicted molar refractivity (Wildman–Crippen MR) is 81.4 cm³/mol. The number of hydrogen-bond acceptors (Lipinski definition) is 1. The van der Waals surface area contributed by atoms with Crippen LogP contribution in [0.1, 0.15) is 0 Å². The molecular formula is C16F32O. The summed E-state index contributed by atoms with van der Waals surface area (Å²) in [5.41, 5.74) is 0. The van der Waals surface area contributed by atoms with E-state index in [1.807, 2.05) is 0 Å². The molecule has 0 fully saturated rings. The van der Waals surface area contributed by atoms with Gasteiger partial charge in [0, 0.05) is 0 Å². The molecular weight excluding hydrogens is 816 g/mol. The van der Waals surface area contributed by atoms with Crippen LogP contribution in [0.25, 0.3) is 0 Å². The quantitative estimate of drug-likeness (QED) is 0.169. The summed E-state index contributed by atoms with van der Waals surface area (Å²) in [4.78, 5) is 10.8. The molecule has 0 aromatic rings. The lowest BCUT2D eigenvalue weighted by atomic mass is 9.84. The van der Waals surface area contributed by atoms with Gasteiger partial charge in [-0.15, -0.1) is 0 Å². The Morgan fingerprint density at radius 2 is 0.327 bits per heavy atom. The van der Waals surface area contributed by atoms with Gasteiger partial charge >= 0.3 is 89.3 Å². The van der Waals surface area contributed by atoms with Crippen molar-refractivity contribution in [3.63, 3.8) is 0 Å². The minimum atomic E-state index is -10.0. The van der Waals surface area contributed by atoms with Crippen molar-refractivity contribution in [1.29, 1.82) is 0 Å². The highest BCUT2D eigenvalue weighted by molar-refractivity contribution is 5.94. The van der Waals surface area contributed by atoms with Gasteiger partial charge in [0.15, 0.2) is 0 Å². The summed E-state index contributed by atoms with van der Waals surface area (Å²) >= 11 is 0. The lowest BCUT2D eigenvalue weighted by Crippen LogP contribution is -2.78. The second-order valence-corrected chi connectivity index (χ2v) is 8.79. The Bertz CT molecular complexity index is 1240. The Balaban J connectivity index is 7.54. The maximum Gasteiger partial charge on any atom is 0.460 e. The molecule has 0 radical (unpaired) electrons. The second-order valence-electron chi connectivity index (χ2n) is 8.79. The zero-order valence-corrected chi connectivity index (χ0v) is 20.5. The standard InChI is InChI=1S/C16F32O/c17-2(18,1(49)3(19,20)5(23,24)13(39,40)15(43,44)45)4(21,22)6(25,26)7(27,28)8(29,30)9(31,32)10(33,34)11(35,36)12(37,38)14(41,42)16(46,47)48. The summed E-state index contributed by atoms with van der Waals surface area (Å²) < 4.78 is 419. The SMILES string of the molecule is O=C(C(F)(F)C(F)(F)C(F)(F)C(F)(F)F)C(F)(F)C(F)(F)C(F)(F)C(F)(F)C(F)(F)C(F)(F)C(F)(F)C(F)(F)C(F)(F)C(F)(F)C(F)(F)F. The monoisotopic (exact) mass is 816 g/mol. The number of rotatable bonds is 13. The van der Waals surface area contributed by atoms with Crippen LogP contribution >= 0.6 is 0 Å². The smallest absolute Gasteiger partial charge is 0.286 e. The Labute approximate surface area is 242 Å². The normalized spacial score (nSPS) is 17.1. The highest BCUT2D eigenvalue weighted by Crippen LogP contribution is 2.67. The summed E-state index contributed by atoms with van der Waals surface area (Å²) in [6.45, 7) is 0. The van der Waals surface area contributed by atoms with Gasteiger partial charge in [-0.2, -0.15) is 140 Å². The Morgan fingerprint density at radius 3 is 0.510 bits per heavy atom. The number of Topliss-reactive ketones (excluding diaryl/α,β-unsaturated/α-hetero) is 1. The van der Waals surface area contributed by atoms with Crippen molar-refractivity contribution in [3.05, 3.63) is 0 Å². The van der Waals surface area contributed by atoms with Crippen LogP contribution in [0.2, 0.25) is 0 Å². The van der Waals surface area contributed by atoms with E-state index in [0.29, 0.717) is 0 Å². The molecule has 0 bridgehead atoms. The van der Waals surface area contributed by atoms with E-state index in [2.05, 4.69) is 0 Å². The maximum absolute atomic E-state index is 13.7. The van der Waals surface area contributed by atoms with Gasteiger partial charge < -0.3 is 0 Å². The lowest BCUT2D eigenvalue weighted by Gasteiger charge is -2.45. The van der Waals surface area contributed by atoms with Gasteiger partial charge in [0.25, 0.3) is 5.78 Å². The zero-order chi connectivity index (χ0) is 41.1. The molecule has 0 aromatic carbocycles. The fourth-order valence-corrected chi connectivity index (χ4v) is 2.61. The molecule has 0 amide bonds. The van der Waals surface area contributed by atoms with Gasteiger partial charge in [0.2, 0.25) is 0 Å². The van der Waals surface area contributed by atoms with Gasteiger partial charge in [0.05, 0.1) is 0 Å². The Kier molecular flexibility index (Phi) is 10.4. The molecule has 0 N–H and O–H groups in total. The van der Waals surface area contributed by atoms with Crippen LogP contribution in [-0.4, -0.2) is 95.1 Å². The third kappa shape index (κ3) is 5.36. The topological polar surface area (TPSA) is 17.1 Å². The van der Waals surface area contributed by atoms with Crippen LogP contribution in [0.5, 0.6) is 0 Å². The first-order valence-electron chi connectivity index (χ1n) is 10.0. The first-order chi connectivity index (χ1) is 20.4. The average Bonchev–Trinajstić information content (AvgIpc) is 2.85. The lowest BCUT2D eigenvalue weighted by molar-refractivity contribution is -0.477. The van der Waals surface area contributed by atoms with Crippen molar-refractivity contribution < 1.29 is 145 Å². The van der Waals surface area contributed by atoms with E-state index >= 15 is 0 Å². The van der Waals surface area contributed by atoms with E-state index in [9.17, 15) is 145 Å². The van der Waals surface area contributed by atoms with E-state index in [1.54, 1.807) is 0 Å². The summed E-state index contributed by atoms with van der Waals surface area (Å²) in [6, 6.07) is 0. The molecule has 1 nitrogen and oxygen atoms in total. The van der Waals surface area contributed by atoms with Gasteiger partial charge in [-0.1, -0.05) is 0 Å². The van der Waals surface area contributed by atoms with E-state index < -0.39 is 95.1 Å². The van der Waals surface area contributed by atoms with Crippen LogP contribution in [0.3, 0.4) is 0 Å². The van der Waals surface area contributed by atoms with Crippen molar-refractivity contribution in [2.24, 2.45) is 0 Å². The van der Waals surface area contributed by atoms with Crippen LogP contribution in [0.4, 0.5) is 140 Å². The molecule has 0 spiro atoms. The van der Waals surface area contributed by atoms with E-state index in [4.69, 9.17) is 0 Å². The first kappa shape index (κ1) is 46.4. The number of carbonyl (C=O) groups excluding carboxylic acids is 1. The van der Waals surface area contributed by atoms with Crippen molar-refractivity contribution in [2.75, 3.05) is 0 Å². The molecule has 0 aromatic heterocycles. The number of hydrogen-bond donors (Lipinski definition) is 0. The Morgan fingerprint density at radius 1 is 0.204 bits per heavy atom. The van der Waals surface area contributed by atoms with Crippen molar-refractivity contribution in [2.45, 2.75) is 89.3 Å². The summed E-state index contributed by atoms with van der Waals surface area (Å²) in [6.07, 6.45) is -16.6. The van der Waals surface area contributed by atoms with Crippen molar-refractivity contribution in [3.8, 4) is 0 Å². The molecule has 0 aliphatic heterocycles. The molecule has 0 saturated carbocycles. The molecule has 0 aliphatic rings. The molecule has 0 unspecified atom stereocenters. The molecule has 0 aliphatic carbocycles. The minimum absolute atomic E-state index is 6.57. The van der Waals surface area contributed by atoms with Crippen LogP contribution in [-0.2, 0) is 4.79 Å². The van der Waals surface area contributed by atoms with Gasteiger partial charge in [-0.25, -0.2) is 0 Å². The van der Waals surface area contributed by atoms with Gasteiger partial charge in [0.1, 0.15) is 0 Å². The number of alkyl halides is 32. The maximum atomic E-state index is 13.7. The Hall–Kier alpha value is -2.57. The molecule has 0 heterocycles. The molecule has 0 rings (SSSR count). The van der Waals surface area contributed by atoms with E-state index in [1.165, 1.54) is 0 Å². The third-order valence-corrected chi connectivity index (χ3v) is 5.62. The van der Waals surface area contributed by atoms with E-state index in [0.717, 1.165) is 0 Å². The van der Waals surface area contributed by atoms with Crippen molar-refractivity contribution in [1.82, 2.24) is 0 Å². The molecule has 49 heavy (non-hydrogen) atoms. The molecule has 0 saturated heterocycles. The van der Waals surface area contributed by atoms with Gasteiger partial charge in [-0.3, -0.25) is 4.79 Å². The number of carbonyl (C=O) groups is 1. The second kappa shape index (κ2) is 11.0. The van der Waals surface area contributed by atoms with E-state index in [-0.39, 0.29) is 0 Å². The number of halogens is 32.